The third-order valence-electron chi connectivity index (χ3n) is 3.76. The lowest BCUT2D eigenvalue weighted by Crippen LogP contribution is -2.45. The molecule has 1 amide bonds. The maximum Gasteiger partial charge on any atom is 0.239 e. The molecule has 1 saturated heterocycles. The molecule has 1 aromatic rings. The van der Waals surface area contributed by atoms with E-state index in [0.29, 0.717) is 0 Å². The molecule has 2 atom stereocenters. The van der Waals surface area contributed by atoms with E-state index in [0.717, 1.165) is 31.7 Å². The summed E-state index contributed by atoms with van der Waals surface area (Å²) in [5.74, 6) is 1.08. The number of nitrogens with zero attached hydrogens (tertiary/aromatic N) is 1. The molecule has 1 fully saturated rings. The summed E-state index contributed by atoms with van der Waals surface area (Å²) in [6.07, 6.45) is 6.41. The van der Waals surface area contributed by atoms with Gasteiger partial charge in [0.1, 0.15) is 5.76 Å². The van der Waals surface area contributed by atoms with Gasteiger partial charge in [-0.1, -0.05) is 12.8 Å². The molecule has 106 valence electrons. The van der Waals surface area contributed by atoms with Crippen molar-refractivity contribution in [2.24, 2.45) is 0 Å². The van der Waals surface area contributed by atoms with Crippen molar-refractivity contribution in [3.8, 4) is 0 Å². The fourth-order valence-electron chi connectivity index (χ4n) is 2.63. The number of likely N-dealkylation sites (tertiary alicyclic amines) is 1. The van der Waals surface area contributed by atoms with Crippen molar-refractivity contribution in [1.29, 1.82) is 0 Å². The van der Waals surface area contributed by atoms with Crippen molar-refractivity contribution in [1.82, 2.24) is 10.2 Å². The van der Waals surface area contributed by atoms with Gasteiger partial charge in [-0.2, -0.15) is 0 Å². The van der Waals surface area contributed by atoms with Crippen LogP contribution in [0.25, 0.3) is 0 Å². The number of amides is 1. The van der Waals surface area contributed by atoms with Crippen LogP contribution in [0, 0.1) is 0 Å². The zero-order valence-corrected chi connectivity index (χ0v) is 11.9. The number of rotatable bonds is 4. The van der Waals surface area contributed by atoms with Crippen LogP contribution in [0.1, 0.15) is 51.3 Å². The molecule has 19 heavy (non-hydrogen) atoms. The summed E-state index contributed by atoms with van der Waals surface area (Å²) in [6.45, 7) is 5.76. The Morgan fingerprint density at radius 1 is 1.26 bits per heavy atom. The van der Waals surface area contributed by atoms with Crippen LogP contribution >= 0.6 is 0 Å². The minimum Gasteiger partial charge on any atom is -0.468 e. The second kappa shape index (κ2) is 6.75. The van der Waals surface area contributed by atoms with Gasteiger partial charge in [-0.15, -0.1) is 0 Å². The average Bonchev–Trinajstić information content (AvgIpc) is 2.81. The number of furan rings is 1. The lowest BCUT2D eigenvalue weighted by Gasteiger charge is -2.26. The molecule has 1 N–H and O–H groups in total. The Balaban J connectivity index is 1.87. The van der Waals surface area contributed by atoms with Gasteiger partial charge in [-0.3, -0.25) is 10.1 Å². The van der Waals surface area contributed by atoms with Crippen molar-refractivity contribution in [3.05, 3.63) is 24.2 Å². The molecule has 1 aromatic heterocycles. The van der Waals surface area contributed by atoms with Gasteiger partial charge in [0.15, 0.2) is 0 Å². The number of carbonyl (C=O) groups is 1. The highest BCUT2D eigenvalue weighted by Crippen LogP contribution is 2.15. The lowest BCUT2D eigenvalue weighted by atomic mass is 10.2. The Labute approximate surface area is 115 Å². The molecule has 1 aliphatic heterocycles. The molecule has 0 saturated carbocycles. The Bertz CT molecular complexity index is 381. The second-order valence-electron chi connectivity index (χ2n) is 5.36. The molecule has 0 bridgehead atoms. The van der Waals surface area contributed by atoms with Crippen LogP contribution in [0.5, 0.6) is 0 Å². The van der Waals surface area contributed by atoms with Crippen LogP contribution < -0.4 is 5.32 Å². The first-order valence-electron chi connectivity index (χ1n) is 7.26. The predicted molar refractivity (Wildman–Crippen MR) is 74.8 cm³/mol. The molecule has 0 radical (unpaired) electrons. The van der Waals surface area contributed by atoms with E-state index >= 15 is 0 Å². The first kappa shape index (κ1) is 14.1. The highest BCUT2D eigenvalue weighted by atomic mass is 16.3. The summed E-state index contributed by atoms with van der Waals surface area (Å²) >= 11 is 0. The zero-order valence-electron chi connectivity index (χ0n) is 11.9. The smallest absolute Gasteiger partial charge is 0.239 e. The Hall–Kier alpha value is -1.29. The average molecular weight is 264 g/mol. The van der Waals surface area contributed by atoms with E-state index in [1.54, 1.807) is 6.26 Å². The molecule has 2 unspecified atom stereocenters. The number of hydrogen-bond acceptors (Lipinski definition) is 3. The van der Waals surface area contributed by atoms with Crippen LogP contribution in [-0.4, -0.2) is 29.9 Å². The van der Waals surface area contributed by atoms with E-state index < -0.39 is 0 Å². The van der Waals surface area contributed by atoms with Crippen molar-refractivity contribution in [2.45, 2.75) is 51.6 Å². The van der Waals surface area contributed by atoms with E-state index in [4.69, 9.17) is 4.42 Å². The summed E-state index contributed by atoms with van der Waals surface area (Å²) in [4.78, 5) is 14.4. The highest BCUT2D eigenvalue weighted by molar-refractivity contribution is 5.81. The van der Waals surface area contributed by atoms with Crippen LogP contribution in [0.3, 0.4) is 0 Å². The van der Waals surface area contributed by atoms with Gasteiger partial charge >= 0.3 is 0 Å². The Morgan fingerprint density at radius 3 is 2.53 bits per heavy atom. The number of nitrogens with one attached hydrogen (secondary N) is 1. The van der Waals surface area contributed by atoms with Crippen molar-refractivity contribution in [3.63, 3.8) is 0 Å². The molecular formula is C15H24N2O2. The van der Waals surface area contributed by atoms with Gasteiger partial charge in [-0.25, -0.2) is 0 Å². The second-order valence-corrected chi connectivity index (χ2v) is 5.36. The normalized spacial score (nSPS) is 19.8. The van der Waals surface area contributed by atoms with E-state index in [2.05, 4.69) is 5.32 Å². The minimum absolute atomic E-state index is 0.0564. The molecule has 1 aliphatic rings. The molecular weight excluding hydrogens is 240 g/mol. The topological polar surface area (TPSA) is 45.5 Å². The predicted octanol–water partition coefficient (Wildman–Crippen LogP) is 2.72. The summed E-state index contributed by atoms with van der Waals surface area (Å²) in [7, 11) is 0. The molecule has 4 nitrogen and oxygen atoms in total. The fourth-order valence-corrected chi connectivity index (χ4v) is 2.63. The summed E-state index contributed by atoms with van der Waals surface area (Å²) in [6, 6.07) is 3.69. The van der Waals surface area contributed by atoms with Gasteiger partial charge in [0, 0.05) is 13.1 Å². The van der Waals surface area contributed by atoms with Crippen LogP contribution in [0.15, 0.2) is 22.8 Å². The van der Waals surface area contributed by atoms with E-state index in [9.17, 15) is 4.79 Å². The summed E-state index contributed by atoms with van der Waals surface area (Å²) in [5, 5.41) is 3.31. The largest absolute Gasteiger partial charge is 0.468 e. The Morgan fingerprint density at radius 2 is 1.95 bits per heavy atom. The number of hydrogen-bond donors (Lipinski definition) is 1. The number of carbonyl (C=O) groups excluding carboxylic acids is 1. The maximum atomic E-state index is 12.4. The molecule has 0 aliphatic carbocycles. The van der Waals surface area contributed by atoms with E-state index in [-0.39, 0.29) is 18.0 Å². The van der Waals surface area contributed by atoms with Gasteiger partial charge in [0.2, 0.25) is 5.91 Å². The molecule has 2 heterocycles. The minimum atomic E-state index is -0.168. The van der Waals surface area contributed by atoms with Crippen molar-refractivity contribution in [2.75, 3.05) is 13.1 Å². The Kier molecular flexibility index (Phi) is 5.02. The zero-order chi connectivity index (χ0) is 13.7. The third kappa shape index (κ3) is 3.83. The van der Waals surface area contributed by atoms with Crippen molar-refractivity contribution >= 4 is 5.91 Å². The molecule has 0 spiro atoms. The van der Waals surface area contributed by atoms with Gasteiger partial charge in [0.25, 0.3) is 0 Å². The van der Waals surface area contributed by atoms with Gasteiger partial charge < -0.3 is 9.32 Å². The highest BCUT2D eigenvalue weighted by Gasteiger charge is 2.23. The van der Waals surface area contributed by atoms with E-state index in [1.165, 1.54) is 12.8 Å². The quantitative estimate of drug-likeness (QED) is 0.909. The SMILES string of the molecule is CC(NC(C)c1ccco1)C(=O)N1CCCCCC1. The van der Waals surface area contributed by atoms with Gasteiger partial charge in [-0.05, 0) is 38.8 Å². The molecule has 4 heteroatoms. The first-order chi connectivity index (χ1) is 9.18. The fraction of sp³-hybridized carbons (Fsp3) is 0.667. The maximum absolute atomic E-state index is 12.4. The first-order valence-corrected chi connectivity index (χ1v) is 7.26. The lowest BCUT2D eigenvalue weighted by molar-refractivity contribution is -0.133. The molecule has 0 aromatic carbocycles. The standard InChI is InChI=1S/C15H24N2O2/c1-12(14-8-7-11-19-14)16-13(2)15(18)17-9-5-3-4-6-10-17/h7-8,11-13,16H,3-6,9-10H2,1-2H3. The van der Waals surface area contributed by atoms with Crippen LogP contribution in [0.4, 0.5) is 0 Å². The monoisotopic (exact) mass is 264 g/mol. The molecule has 2 rings (SSSR count). The summed E-state index contributed by atoms with van der Waals surface area (Å²) in [5.41, 5.74) is 0. The van der Waals surface area contributed by atoms with Crippen LogP contribution in [0.2, 0.25) is 0 Å². The third-order valence-corrected chi connectivity index (χ3v) is 3.76. The van der Waals surface area contributed by atoms with E-state index in [1.807, 2.05) is 30.9 Å². The van der Waals surface area contributed by atoms with Crippen LogP contribution in [-0.2, 0) is 4.79 Å². The van der Waals surface area contributed by atoms with Gasteiger partial charge in [0.05, 0.1) is 18.3 Å². The van der Waals surface area contributed by atoms with Crippen molar-refractivity contribution < 1.29 is 9.21 Å². The summed E-state index contributed by atoms with van der Waals surface area (Å²) < 4.78 is 5.35.